The van der Waals surface area contributed by atoms with Crippen molar-refractivity contribution in [3.05, 3.63) is 16.3 Å². The number of likely N-dealkylation sites (N-methyl/N-ethyl adjacent to an activating group) is 1. The van der Waals surface area contributed by atoms with E-state index in [-0.39, 0.29) is 15.8 Å². The lowest BCUT2D eigenvalue weighted by molar-refractivity contribution is 0.0702. The number of carboxylic acids is 1. The van der Waals surface area contributed by atoms with Crippen molar-refractivity contribution in [2.45, 2.75) is 36.7 Å². The van der Waals surface area contributed by atoms with E-state index in [4.69, 9.17) is 5.11 Å². The Morgan fingerprint density at radius 1 is 1.60 bits per heavy atom. The maximum atomic E-state index is 12.1. The molecule has 1 heterocycles. The zero-order valence-corrected chi connectivity index (χ0v) is 13.0. The first kappa shape index (κ1) is 15.4. The second kappa shape index (κ2) is 5.80. The Balaban J connectivity index is 1.97. The molecule has 0 aromatic carbocycles. The minimum Gasteiger partial charge on any atom is -0.477 e. The van der Waals surface area contributed by atoms with E-state index < -0.39 is 16.0 Å². The number of rotatable bonds is 7. The number of nitrogens with one attached hydrogen (secondary N) is 1. The summed E-state index contributed by atoms with van der Waals surface area (Å²) in [6, 6.07) is 1.86. The van der Waals surface area contributed by atoms with Crippen molar-refractivity contribution in [2.75, 3.05) is 13.6 Å². The smallest absolute Gasteiger partial charge is 0.345 e. The normalized spacial score (nSPS) is 17.4. The van der Waals surface area contributed by atoms with Gasteiger partial charge in [-0.1, -0.05) is 0 Å². The van der Waals surface area contributed by atoms with Gasteiger partial charge in [0.15, 0.2) is 0 Å². The molecule has 1 saturated carbocycles. The molecule has 1 aromatic rings. The van der Waals surface area contributed by atoms with E-state index in [1.807, 2.05) is 14.0 Å². The summed E-state index contributed by atoms with van der Waals surface area (Å²) in [5, 5.41) is 10.2. The van der Waals surface area contributed by atoms with Crippen LogP contribution in [0.4, 0.5) is 0 Å². The van der Waals surface area contributed by atoms with Crippen molar-refractivity contribution in [2.24, 2.45) is 0 Å². The molecule has 1 atom stereocenters. The third-order valence-corrected chi connectivity index (χ3v) is 5.95. The standard InChI is InChI=1S/C12H18N2O4S2/c1-8(14(2)9-3-4-9)6-13-20(17,18)10-5-11(12(15)16)19-7-10/h5,7-9,13H,3-4,6H2,1-2H3,(H,15,16). The molecule has 2 rings (SSSR count). The summed E-state index contributed by atoms with van der Waals surface area (Å²) < 4.78 is 26.7. The van der Waals surface area contributed by atoms with Gasteiger partial charge in [-0.15, -0.1) is 11.3 Å². The number of hydrogen-bond donors (Lipinski definition) is 2. The molecule has 6 nitrogen and oxygen atoms in total. The van der Waals surface area contributed by atoms with E-state index in [1.165, 1.54) is 24.3 Å². The second-order valence-electron chi connectivity index (χ2n) is 5.05. The third-order valence-electron chi connectivity index (χ3n) is 3.48. The zero-order chi connectivity index (χ0) is 14.9. The van der Waals surface area contributed by atoms with Gasteiger partial charge in [0.1, 0.15) is 4.88 Å². The molecule has 1 fully saturated rings. The highest BCUT2D eigenvalue weighted by atomic mass is 32.2. The van der Waals surface area contributed by atoms with Crippen molar-refractivity contribution >= 4 is 27.3 Å². The van der Waals surface area contributed by atoms with Crippen LogP contribution in [0.2, 0.25) is 0 Å². The summed E-state index contributed by atoms with van der Waals surface area (Å²) >= 11 is 0.911. The van der Waals surface area contributed by atoms with Gasteiger partial charge in [-0.25, -0.2) is 17.9 Å². The first-order valence-electron chi connectivity index (χ1n) is 6.34. The van der Waals surface area contributed by atoms with Crippen molar-refractivity contribution in [3.63, 3.8) is 0 Å². The van der Waals surface area contributed by atoms with Gasteiger partial charge < -0.3 is 5.11 Å². The predicted octanol–water partition coefficient (Wildman–Crippen LogP) is 1.21. The first-order valence-corrected chi connectivity index (χ1v) is 8.71. The Bertz CT molecular complexity index is 592. The lowest BCUT2D eigenvalue weighted by atomic mass is 10.3. The number of carbonyl (C=O) groups is 1. The maximum absolute atomic E-state index is 12.1. The summed E-state index contributed by atoms with van der Waals surface area (Å²) in [4.78, 5) is 13.0. The molecular formula is C12H18N2O4S2. The van der Waals surface area contributed by atoms with Crippen LogP contribution in [0.1, 0.15) is 29.4 Å². The average molecular weight is 318 g/mol. The van der Waals surface area contributed by atoms with E-state index in [2.05, 4.69) is 9.62 Å². The SMILES string of the molecule is CC(CNS(=O)(=O)c1csc(C(=O)O)c1)N(C)C1CC1. The number of hydrogen-bond acceptors (Lipinski definition) is 5. The Morgan fingerprint density at radius 2 is 2.25 bits per heavy atom. The molecule has 112 valence electrons. The van der Waals surface area contributed by atoms with E-state index in [9.17, 15) is 13.2 Å². The molecule has 1 aliphatic rings. The largest absolute Gasteiger partial charge is 0.477 e. The van der Waals surface area contributed by atoms with Crippen LogP contribution in [-0.4, -0.2) is 50.1 Å². The molecule has 1 aliphatic carbocycles. The van der Waals surface area contributed by atoms with Gasteiger partial charge in [-0.2, -0.15) is 0 Å². The first-order chi connectivity index (χ1) is 9.31. The van der Waals surface area contributed by atoms with Crippen LogP contribution in [0.3, 0.4) is 0 Å². The van der Waals surface area contributed by atoms with Crippen molar-refractivity contribution in [1.29, 1.82) is 0 Å². The molecule has 0 saturated heterocycles. The molecule has 0 amide bonds. The molecule has 8 heteroatoms. The minimum absolute atomic E-state index is 0.0150. The van der Waals surface area contributed by atoms with Crippen LogP contribution in [0.5, 0.6) is 0 Å². The molecule has 2 N–H and O–H groups in total. The fourth-order valence-electron chi connectivity index (χ4n) is 1.87. The van der Waals surface area contributed by atoms with Gasteiger partial charge in [0.25, 0.3) is 0 Å². The van der Waals surface area contributed by atoms with E-state index >= 15 is 0 Å². The van der Waals surface area contributed by atoms with Gasteiger partial charge in [0, 0.05) is 24.0 Å². The van der Waals surface area contributed by atoms with Crippen molar-refractivity contribution < 1.29 is 18.3 Å². The number of aromatic carboxylic acids is 1. The molecule has 0 bridgehead atoms. The van der Waals surface area contributed by atoms with Gasteiger partial charge in [-0.05, 0) is 32.9 Å². The maximum Gasteiger partial charge on any atom is 0.345 e. The fourth-order valence-corrected chi connectivity index (χ4v) is 4.10. The Labute approximate surface area is 122 Å². The van der Waals surface area contributed by atoms with Crippen molar-refractivity contribution in [1.82, 2.24) is 9.62 Å². The van der Waals surface area contributed by atoms with Crippen molar-refractivity contribution in [3.8, 4) is 0 Å². The Kier molecular flexibility index (Phi) is 4.48. The van der Waals surface area contributed by atoms with Crippen LogP contribution in [0.15, 0.2) is 16.3 Å². The molecule has 0 radical (unpaired) electrons. The van der Waals surface area contributed by atoms with Crippen LogP contribution >= 0.6 is 11.3 Å². The number of sulfonamides is 1. The summed E-state index contributed by atoms with van der Waals surface area (Å²) in [6.07, 6.45) is 2.33. The van der Waals surface area contributed by atoms with Crippen LogP contribution in [0, 0.1) is 0 Å². The van der Waals surface area contributed by atoms with E-state index in [0.717, 1.165) is 11.3 Å². The Morgan fingerprint density at radius 3 is 2.75 bits per heavy atom. The molecule has 1 aromatic heterocycles. The van der Waals surface area contributed by atoms with Gasteiger partial charge in [0.2, 0.25) is 10.0 Å². The lowest BCUT2D eigenvalue weighted by Gasteiger charge is -2.24. The topological polar surface area (TPSA) is 86.7 Å². The summed E-state index contributed by atoms with van der Waals surface area (Å²) in [6.45, 7) is 2.28. The molecule has 20 heavy (non-hydrogen) atoms. The molecule has 0 aliphatic heterocycles. The van der Waals surface area contributed by atoms with Gasteiger partial charge >= 0.3 is 5.97 Å². The number of thiophene rings is 1. The summed E-state index contributed by atoms with van der Waals surface area (Å²) in [7, 11) is -1.65. The van der Waals surface area contributed by atoms with Crippen LogP contribution in [0.25, 0.3) is 0 Å². The zero-order valence-electron chi connectivity index (χ0n) is 11.4. The highest BCUT2D eigenvalue weighted by Crippen LogP contribution is 2.27. The highest BCUT2D eigenvalue weighted by Gasteiger charge is 2.29. The van der Waals surface area contributed by atoms with Gasteiger partial charge in [-0.3, -0.25) is 4.90 Å². The molecule has 0 spiro atoms. The minimum atomic E-state index is -3.64. The predicted molar refractivity (Wildman–Crippen MR) is 76.7 cm³/mol. The number of carboxylic acid groups (broad SMARTS) is 1. The third kappa shape index (κ3) is 3.57. The Hall–Kier alpha value is -0.960. The van der Waals surface area contributed by atoms with Gasteiger partial charge in [0.05, 0.1) is 4.90 Å². The summed E-state index contributed by atoms with van der Waals surface area (Å²) in [5.74, 6) is -1.11. The monoisotopic (exact) mass is 318 g/mol. The second-order valence-corrected chi connectivity index (χ2v) is 7.73. The van der Waals surface area contributed by atoms with Crippen LogP contribution in [-0.2, 0) is 10.0 Å². The molecule has 1 unspecified atom stereocenters. The van der Waals surface area contributed by atoms with Crippen LogP contribution < -0.4 is 4.72 Å². The highest BCUT2D eigenvalue weighted by molar-refractivity contribution is 7.89. The quantitative estimate of drug-likeness (QED) is 0.789. The summed E-state index contributed by atoms with van der Waals surface area (Å²) in [5.41, 5.74) is 0. The van der Waals surface area contributed by atoms with E-state index in [1.54, 1.807) is 0 Å². The molecular weight excluding hydrogens is 300 g/mol. The number of nitrogens with zero attached hydrogens (tertiary/aromatic N) is 1. The van der Waals surface area contributed by atoms with E-state index in [0.29, 0.717) is 12.6 Å². The lowest BCUT2D eigenvalue weighted by Crippen LogP contribution is -2.41. The average Bonchev–Trinajstić information content (AvgIpc) is 3.10. The fraction of sp³-hybridized carbons (Fsp3) is 0.583.